The Morgan fingerprint density at radius 1 is 0.750 bits per heavy atom. The fourth-order valence-electron chi connectivity index (χ4n) is 3.66. The molecule has 0 aliphatic carbocycles. The lowest BCUT2D eigenvalue weighted by atomic mass is 9.97. The van der Waals surface area contributed by atoms with Gasteiger partial charge in [0.15, 0.2) is 0 Å². The lowest BCUT2D eigenvalue weighted by Crippen LogP contribution is -1.99. The molecule has 0 aliphatic heterocycles. The Hall–Kier alpha value is -2.26. The Morgan fingerprint density at radius 2 is 1.54 bits per heavy atom. The van der Waals surface area contributed by atoms with E-state index in [0.29, 0.717) is 16.6 Å². The third-order valence-electron chi connectivity index (χ3n) is 5.10. The summed E-state index contributed by atoms with van der Waals surface area (Å²) in [5.41, 5.74) is 12.8. The van der Waals surface area contributed by atoms with Crippen molar-refractivity contribution in [3.05, 3.63) is 82.3 Å². The molecule has 0 amide bonds. The summed E-state index contributed by atoms with van der Waals surface area (Å²) in [5, 5.41) is 2.38. The van der Waals surface area contributed by atoms with Crippen LogP contribution in [0.3, 0.4) is 0 Å². The molecule has 3 N–H and O–H groups in total. The van der Waals surface area contributed by atoms with E-state index in [4.69, 9.17) is 28.9 Å². The Balaban J connectivity index is 1.86. The lowest BCUT2D eigenvalue weighted by Gasteiger charge is -2.07. The second-order valence-corrected chi connectivity index (χ2v) is 7.79. The molecule has 4 aromatic rings. The summed E-state index contributed by atoms with van der Waals surface area (Å²) >= 11 is 12.4. The summed E-state index contributed by atoms with van der Waals surface area (Å²) in [6, 6.07) is 22.9. The topological polar surface area (TPSA) is 41.8 Å². The molecule has 0 saturated carbocycles. The van der Waals surface area contributed by atoms with E-state index in [0.717, 1.165) is 36.0 Å². The first-order valence-corrected chi connectivity index (χ1v) is 10.3. The highest BCUT2D eigenvalue weighted by Gasteiger charge is 2.15. The van der Waals surface area contributed by atoms with Crippen LogP contribution in [-0.2, 0) is 6.42 Å². The number of rotatable bonds is 6. The van der Waals surface area contributed by atoms with E-state index in [1.807, 2.05) is 24.3 Å². The number of benzene rings is 3. The van der Waals surface area contributed by atoms with Gasteiger partial charge >= 0.3 is 0 Å². The molecule has 0 spiro atoms. The van der Waals surface area contributed by atoms with Crippen LogP contribution in [0.2, 0.25) is 10.0 Å². The van der Waals surface area contributed by atoms with Gasteiger partial charge in [0.25, 0.3) is 0 Å². The van der Waals surface area contributed by atoms with Gasteiger partial charge in [-0.3, -0.25) is 0 Å². The van der Waals surface area contributed by atoms with E-state index in [1.165, 1.54) is 22.1 Å². The first kappa shape index (κ1) is 19.1. The molecule has 0 saturated heterocycles. The van der Waals surface area contributed by atoms with Crippen molar-refractivity contribution in [1.82, 2.24) is 4.98 Å². The van der Waals surface area contributed by atoms with Crippen LogP contribution in [0.25, 0.3) is 33.3 Å². The number of halogens is 2. The second-order valence-electron chi connectivity index (χ2n) is 6.98. The van der Waals surface area contributed by atoms with E-state index in [-0.39, 0.29) is 0 Å². The standard InChI is InChI=1S/C24H22Cl2N2/c25-21-11-9-18(15-22(21)26)24-19(8-4-5-13-27)20-14-17(10-12-23(20)28-24)16-6-2-1-3-7-16/h1-3,6-7,9-12,14-15,28H,4-5,8,13,27H2. The zero-order valence-corrected chi connectivity index (χ0v) is 17.0. The fourth-order valence-corrected chi connectivity index (χ4v) is 3.96. The lowest BCUT2D eigenvalue weighted by molar-refractivity contribution is 0.748. The van der Waals surface area contributed by atoms with Gasteiger partial charge in [0, 0.05) is 16.6 Å². The van der Waals surface area contributed by atoms with Gasteiger partial charge in [0.05, 0.1) is 10.0 Å². The Bertz CT molecular complexity index is 1100. The Kier molecular flexibility index (Phi) is 5.72. The summed E-state index contributed by atoms with van der Waals surface area (Å²) in [6.45, 7) is 0.708. The minimum atomic E-state index is 0.565. The Labute approximate surface area is 175 Å². The van der Waals surface area contributed by atoms with Crippen LogP contribution in [0.1, 0.15) is 18.4 Å². The van der Waals surface area contributed by atoms with Gasteiger partial charge in [-0.05, 0) is 72.3 Å². The predicted octanol–water partition coefficient (Wildman–Crippen LogP) is 7.09. The van der Waals surface area contributed by atoms with Crippen LogP contribution in [-0.4, -0.2) is 11.5 Å². The molecule has 3 aromatic carbocycles. The zero-order valence-electron chi connectivity index (χ0n) is 15.5. The van der Waals surface area contributed by atoms with Crippen molar-refractivity contribution in [2.45, 2.75) is 19.3 Å². The molecule has 4 heteroatoms. The zero-order chi connectivity index (χ0) is 19.5. The molecule has 142 valence electrons. The highest BCUT2D eigenvalue weighted by atomic mass is 35.5. The number of nitrogens with two attached hydrogens (primary N) is 1. The molecular weight excluding hydrogens is 387 g/mol. The van der Waals surface area contributed by atoms with Crippen LogP contribution >= 0.6 is 23.2 Å². The maximum atomic E-state index is 6.28. The Morgan fingerprint density at radius 3 is 2.29 bits per heavy atom. The number of hydrogen-bond donors (Lipinski definition) is 2. The van der Waals surface area contributed by atoms with Crippen LogP contribution in [0.15, 0.2) is 66.7 Å². The molecule has 0 unspecified atom stereocenters. The molecule has 0 radical (unpaired) electrons. The average molecular weight is 409 g/mol. The van der Waals surface area contributed by atoms with Crippen molar-refractivity contribution in [3.63, 3.8) is 0 Å². The maximum absolute atomic E-state index is 6.28. The molecule has 4 rings (SSSR count). The van der Waals surface area contributed by atoms with Crippen molar-refractivity contribution in [1.29, 1.82) is 0 Å². The number of aromatic nitrogens is 1. The van der Waals surface area contributed by atoms with Crippen LogP contribution in [0, 0.1) is 0 Å². The smallest absolute Gasteiger partial charge is 0.0599 e. The van der Waals surface area contributed by atoms with Gasteiger partial charge in [-0.1, -0.05) is 65.7 Å². The van der Waals surface area contributed by atoms with Crippen molar-refractivity contribution in [2.24, 2.45) is 5.73 Å². The van der Waals surface area contributed by atoms with Crippen LogP contribution in [0.4, 0.5) is 0 Å². The summed E-state index contributed by atoms with van der Waals surface area (Å²) in [4.78, 5) is 3.60. The molecule has 1 heterocycles. The number of nitrogens with one attached hydrogen (secondary N) is 1. The highest BCUT2D eigenvalue weighted by molar-refractivity contribution is 6.42. The van der Waals surface area contributed by atoms with E-state index in [1.54, 1.807) is 0 Å². The van der Waals surface area contributed by atoms with Gasteiger partial charge in [0.1, 0.15) is 0 Å². The molecule has 0 bridgehead atoms. The minimum Gasteiger partial charge on any atom is -0.354 e. The monoisotopic (exact) mass is 408 g/mol. The third-order valence-corrected chi connectivity index (χ3v) is 5.84. The molecule has 0 fully saturated rings. The van der Waals surface area contributed by atoms with Crippen molar-refractivity contribution in [3.8, 4) is 22.4 Å². The molecule has 28 heavy (non-hydrogen) atoms. The number of aromatic amines is 1. The van der Waals surface area contributed by atoms with Gasteiger partial charge in [0.2, 0.25) is 0 Å². The van der Waals surface area contributed by atoms with Crippen LogP contribution in [0.5, 0.6) is 0 Å². The van der Waals surface area contributed by atoms with E-state index in [9.17, 15) is 0 Å². The van der Waals surface area contributed by atoms with Crippen molar-refractivity contribution < 1.29 is 0 Å². The van der Waals surface area contributed by atoms with Gasteiger partial charge in [-0.15, -0.1) is 0 Å². The molecular formula is C24H22Cl2N2. The molecule has 2 nitrogen and oxygen atoms in total. The second kappa shape index (κ2) is 8.40. The first-order chi connectivity index (χ1) is 13.7. The highest BCUT2D eigenvalue weighted by Crippen LogP contribution is 2.36. The van der Waals surface area contributed by atoms with Gasteiger partial charge < -0.3 is 10.7 Å². The third kappa shape index (κ3) is 3.81. The average Bonchev–Trinajstić information content (AvgIpc) is 3.09. The summed E-state index contributed by atoms with van der Waals surface area (Å²) in [6.07, 6.45) is 3.02. The fraction of sp³-hybridized carbons (Fsp3) is 0.167. The number of unbranched alkanes of at least 4 members (excludes halogenated alkanes) is 1. The van der Waals surface area contributed by atoms with Crippen molar-refractivity contribution in [2.75, 3.05) is 6.54 Å². The minimum absolute atomic E-state index is 0.565. The van der Waals surface area contributed by atoms with Crippen LogP contribution < -0.4 is 5.73 Å². The quantitative estimate of drug-likeness (QED) is 0.328. The normalized spacial score (nSPS) is 11.2. The number of H-pyrrole nitrogens is 1. The molecule has 0 aliphatic rings. The summed E-state index contributed by atoms with van der Waals surface area (Å²) in [5.74, 6) is 0. The summed E-state index contributed by atoms with van der Waals surface area (Å²) < 4.78 is 0. The maximum Gasteiger partial charge on any atom is 0.0599 e. The van der Waals surface area contributed by atoms with Crippen molar-refractivity contribution >= 4 is 34.1 Å². The van der Waals surface area contributed by atoms with E-state index < -0.39 is 0 Å². The van der Waals surface area contributed by atoms with E-state index in [2.05, 4.69) is 47.4 Å². The first-order valence-electron chi connectivity index (χ1n) is 9.53. The van der Waals surface area contributed by atoms with Gasteiger partial charge in [-0.2, -0.15) is 0 Å². The summed E-state index contributed by atoms with van der Waals surface area (Å²) in [7, 11) is 0. The predicted molar refractivity (Wildman–Crippen MR) is 121 cm³/mol. The SMILES string of the molecule is NCCCCc1c(-c2ccc(Cl)c(Cl)c2)[nH]c2ccc(-c3ccccc3)cc12. The largest absolute Gasteiger partial charge is 0.354 e. The number of fused-ring (bicyclic) bond motifs is 1. The van der Waals surface area contributed by atoms with Gasteiger partial charge in [-0.25, -0.2) is 0 Å². The number of aryl methyl sites for hydroxylation is 1. The molecule has 1 aromatic heterocycles. The van der Waals surface area contributed by atoms with E-state index >= 15 is 0 Å². The number of hydrogen-bond acceptors (Lipinski definition) is 1. The molecule has 0 atom stereocenters.